The summed E-state index contributed by atoms with van der Waals surface area (Å²) < 4.78 is 13.2. The van der Waals surface area contributed by atoms with E-state index in [0.29, 0.717) is 0 Å². The van der Waals surface area contributed by atoms with Crippen molar-refractivity contribution in [1.82, 2.24) is 18.5 Å². The average Bonchev–Trinajstić information content (AvgIpc) is 3.91. The lowest BCUT2D eigenvalue weighted by Crippen LogP contribution is -1.94. The fourth-order valence-corrected chi connectivity index (χ4v) is 7.77. The highest BCUT2D eigenvalue weighted by atomic mass is 16.3. The van der Waals surface area contributed by atoms with Crippen molar-refractivity contribution in [2.75, 3.05) is 0 Å². The van der Waals surface area contributed by atoms with Gasteiger partial charge in [-0.1, -0.05) is 103 Å². The molecule has 5 heteroatoms. The van der Waals surface area contributed by atoms with E-state index < -0.39 is 0 Å². The van der Waals surface area contributed by atoms with Gasteiger partial charge in [-0.2, -0.15) is 0 Å². The van der Waals surface area contributed by atoms with Crippen molar-refractivity contribution in [3.63, 3.8) is 0 Å². The van der Waals surface area contributed by atoms with E-state index >= 15 is 0 Å². The van der Waals surface area contributed by atoms with Crippen molar-refractivity contribution < 1.29 is 4.42 Å². The highest BCUT2D eigenvalue weighted by molar-refractivity contribution is 6.11. The summed E-state index contributed by atoms with van der Waals surface area (Å²) in [6, 6.07) is 60.1. The van der Waals surface area contributed by atoms with E-state index in [1.807, 2.05) is 18.2 Å². The van der Waals surface area contributed by atoms with E-state index in [9.17, 15) is 0 Å². The summed E-state index contributed by atoms with van der Waals surface area (Å²) in [5, 5.41) is 3.52. The van der Waals surface area contributed by atoms with Gasteiger partial charge >= 0.3 is 0 Å². The third-order valence-electron chi connectivity index (χ3n) is 10.1. The van der Waals surface area contributed by atoms with Crippen LogP contribution >= 0.6 is 0 Å². The molecule has 0 radical (unpaired) electrons. The summed E-state index contributed by atoms with van der Waals surface area (Å²) in [7, 11) is 0. The van der Waals surface area contributed by atoms with Crippen molar-refractivity contribution in [3.8, 4) is 33.6 Å². The molecular formula is C45H28N4O. The monoisotopic (exact) mass is 640 g/mol. The quantitative estimate of drug-likeness (QED) is 0.192. The second kappa shape index (κ2) is 10.3. The van der Waals surface area contributed by atoms with Gasteiger partial charge in [-0.15, -0.1) is 0 Å². The first-order chi connectivity index (χ1) is 24.8. The van der Waals surface area contributed by atoms with Crippen LogP contribution in [0.3, 0.4) is 0 Å². The molecule has 0 atom stereocenters. The number of fused-ring (bicyclic) bond motifs is 10. The molecule has 0 N–H and O–H groups in total. The minimum atomic E-state index is 0.798. The zero-order chi connectivity index (χ0) is 32.8. The van der Waals surface area contributed by atoms with Crippen LogP contribution in [0, 0.1) is 0 Å². The molecule has 0 bridgehead atoms. The Morgan fingerprint density at radius 1 is 0.420 bits per heavy atom. The van der Waals surface area contributed by atoms with Gasteiger partial charge in [-0.25, -0.2) is 9.38 Å². The van der Waals surface area contributed by atoms with Gasteiger partial charge in [0, 0.05) is 27.5 Å². The molecule has 0 amide bonds. The van der Waals surface area contributed by atoms with Gasteiger partial charge in [0.1, 0.15) is 11.1 Å². The first-order valence-corrected chi connectivity index (χ1v) is 16.9. The molecule has 0 spiro atoms. The van der Waals surface area contributed by atoms with Gasteiger partial charge in [0.2, 0.25) is 11.5 Å². The topological polar surface area (TPSA) is 40.3 Å². The smallest absolute Gasteiger partial charge is 0.232 e. The summed E-state index contributed by atoms with van der Waals surface area (Å²) >= 11 is 0. The Bertz CT molecular complexity index is 3070. The Hall–Kier alpha value is -6.85. The van der Waals surface area contributed by atoms with Crippen LogP contribution in [0.2, 0.25) is 0 Å². The lowest BCUT2D eigenvalue weighted by molar-refractivity contribution is 0.651. The summed E-state index contributed by atoms with van der Waals surface area (Å²) in [6.07, 6.45) is 0. The number of hydrogen-bond acceptors (Lipinski definition) is 2. The number of nitrogens with zero attached hydrogens (tertiary/aromatic N) is 4. The van der Waals surface area contributed by atoms with Crippen molar-refractivity contribution in [2.24, 2.45) is 0 Å². The number of hydrogen-bond donors (Lipinski definition) is 0. The molecule has 11 rings (SSSR count). The zero-order valence-corrected chi connectivity index (χ0v) is 26.9. The molecule has 11 aromatic rings. The standard InChI is InChI=1S/C45H28N4O/c1-3-11-29(12-4-1)30-19-23-34(24-20-30)47-39-17-9-7-15-35(39)37-27-31(21-25-40(37)47)32-22-26-41-38(28-32)46-45-48(33-13-5-2-6-14-33)43-36-16-8-10-18-42(36)50-44(43)49(41)45/h1-28H. The maximum Gasteiger partial charge on any atom is 0.232 e. The van der Waals surface area contributed by atoms with Crippen LogP contribution in [0.5, 0.6) is 0 Å². The summed E-state index contributed by atoms with van der Waals surface area (Å²) in [5.41, 5.74) is 13.9. The zero-order valence-electron chi connectivity index (χ0n) is 26.9. The van der Waals surface area contributed by atoms with Gasteiger partial charge in [0.25, 0.3) is 0 Å². The molecule has 234 valence electrons. The number of benzene rings is 7. The average molecular weight is 641 g/mol. The second-order valence-corrected chi connectivity index (χ2v) is 12.9. The van der Waals surface area contributed by atoms with Crippen molar-refractivity contribution in [2.45, 2.75) is 0 Å². The van der Waals surface area contributed by atoms with E-state index in [2.05, 4.69) is 165 Å². The Morgan fingerprint density at radius 2 is 1.02 bits per heavy atom. The molecule has 0 saturated carbocycles. The first-order valence-electron chi connectivity index (χ1n) is 16.9. The van der Waals surface area contributed by atoms with Gasteiger partial charge in [-0.05, 0) is 89.0 Å². The number of rotatable bonds is 4. The molecule has 7 aromatic carbocycles. The van der Waals surface area contributed by atoms with E-state index in [4.69, 9.17) is 9.40 Å². The SMILES string of the molecule is c1ccc(-c2ccc(-n3c4ccccc4c4cc(-c5ccc6c(c5)nc5n(-c7ccccc7)c7c8ccccc8oc7n65)ccc43)cc2)cc1. The summed E-state index contributed by atoms with van der Waals surface area (Å²) in [6.45, 7) is 0. The summed E-state index contributed by atoms with van der Waals surface area (Å²) in [4.78, 5) is 5.24. The maximum absolute atomic E-state index is 6.51. The van der Waals surface area contributed by atoms with Crippen LogP contribution in [0.1, 0.15) is 0 Å². The van der Waals surface area contributed by atoms with Crippen molar-refractivity contribution in [3.05, 3.63) is 170 Å². The molecule has 5 nitrogen and oxygen atoms in total. The summed E-state index contributed by atoms with van der Waals surface area (Å²) in [5.74, 6) is 0.833. The molecule has 4 heterocycles. The number of para-hydroxylation sites is 3. The predicted octanol–water partition coefficient (Wildman–Crippen LogP) is 11.6. The van der Waals surface area contributed by atoms with Crippen molar-refractivity contribution in [1.29, 1.82) is 0 Å². The van der Waals surface area contributed by atoms with E-state index in [1.54, 1.807) is 0 Å². The molecule has 4 aromatic heterocycles. The lowest BCUT2D eigenvalue weighted by Gasteiger charge is -2.10. The third kappa shape index (κ3) is 3.86. The molecule has 0 aliphatic heterocycles. The van der Waals surface area contributed by atoms with E-state index in [0.717, 1.165) is 61.5 Å². The molecular weight excluding hydrogens is 613 g/mol. The van der Waals surface area contributed by atoms with Crippen LogP contribution in [-0.4, -0.2) is 18.5 Å². The number of imidazole rings is 2. The highest BCUT2D eigenvalue weighted by Gasteiger charge is 2.23. The van der Waals surface area contributed by atoms with Crippen LogP contribution in [-0.2, 0) is 0 Å². The molecule has 0 aliphatic rings. The largest absolute Gasteiger partial charge is 0.437 e. The van der Waals surface area contributed by atoms with Crippen LogP contribution in [0.15, 0.2) is 174 Å². The highest BCUT2D eigenvalue weighted by Crippen LogP contribution is 2.39. The first kappa shape index (κ1) is 27.1. The van der Waals surface area contributed by atoms with Gasteiger partial charge in [0.15, 0.2) is 0 Å². The minimum absolute atomic E-state index is 0.798. The Labute approximate surface area is 286 Å². The number of furan rings is 1. The fraction of sp³-hybridized carbons (Fsp3) is 0. The lowest BCUT2D eigenvalue weighted by atomic mass is 10.0. The van der Waals surface area contributed by atoms with Gasteiger partial charge in [-0.3, -0.25) is 4.57 Å². The predicted molar refractivity (Wildman–Crippen MR) is 205 cm³/mol. The molecule has 0 saturated heterocycles. The Morgan fingerprint density at radius 3 is 1.84 bits per heavy atom. The van der Waals surface area contributed by atoms with Gasteiger partial charge < -0.3 is 8.98 Å². The number of aromatic nitrogens is 4. The molecule has 50 heavy (non-hydrogen) atoms. The maximum atomic E-state index is 6.51. The van der Waals surface area contributed by atoms with Gasteiger partial charge in [0.05, 0.1) is 22.1 Å². The Kier molecular flexibility index (Phi) is 5.60. The molecule has 0 fully saturated rings. The molecule has 0 aliphatic carbocycles. The van der Waals surface area contributed by atoms with Crippen molar-refractivity contribution >= 4 is 60.8 Å². The van der Waals surface area contributed by atoms with Crippen LogP contribution < -0.4 is 0 Å². The normalized spacial score (nSPS) is 12.0. The minimum Gasteiger partial charge on any atom is -0.437 e. The third-order valence-corrected chi connectivity index (χ3v) is 10.1. The Balaban J connectivity index is 1.07. The van der Waals surface area contributed by atoms with Crippen LogP contribution in [0.25, 0.3) is 94.4 Å². The fourth-order valence-electron chi connectivity index (χ4n) is 7.77. The second-order valence-electron chi connectivity index (χ2n) is 12.9. The molecule has 0 unspecified atom stereocenters. The van der Waals surface area contributed by atoms with Crippen LogP contribution in [0.4, 0.5) is 0 Å². The van der Waals surface area contributed by atoms with E-state index in [-0.39, 0.29) is 0 Å². The van der Waals surface area contributed by atoms with E-state index in [1.165, 1.54) is 32.9 Å².